The van der Waals surface area contributed by atoms with Crippen LogP contribution in [0.3, 0.4) is 0 Å². The van der Waals surface area contributed by atoms with Crippen LogP contribution in [0.5, 0.6) is 0 Å². The SMILES string of the molecule is Cc1cccc(NC(=O)/C(C#N)=C\c2cc3c(cc2C)N(C)C(C)(C)C[C@H]3C)c1. The summed E-state index contributed by atoms with van der Waals surface area (Å²) in [6.07, 6.45) is 2.76. The first-order valence-corrected chi connectivity index (χ1v) is 10.0. The second-order valence-electron chi connectivity index (χ2n) is 8.74. The fraction of sp³-hybridized carbons (Fsp3) is 0.360. The molecule has 0 saturated carbocycles. The van der Waals surface area contributed by atoms with E-state index in [0.29, 0.717) is 11.6 Å². The fourth-order valence-electron chi connectivity index (χ4n) is 4.12. The van der Waals surface area contributed by atoms with Crippen LogP contribution in [0.25, 0.3) is 6.08 Å². The van der Waals surface area contributed by atoms with Crippen LogP contribution in [0.15, 0.2) is 42.0 Å². The zero-order chi connectivity index (χ0) is 21.3. The quantitative estimate of drug-likeness (QED) is 0.553. The average Bonchev–Trinajstić information content (AvgIpc) is 2.64. The van der Waals surface area contributed by atoms with Gasteiger partial charge in [-0.1, -0.05) is 19.1 Å². The van der Waals surface area contributed by atoms with E-state index in [1.54, 1.807) is 6.08 Å². The van der Waals surface area contributed by atoms with Crippen molar-refractivity contribution in [3.05, 3.63) is 64.2 Å². The zero-order valence-electron chi connectivity index (χ0n) is 18.1. The van der Waals surface area contributed by atoms with Crippen LogP contribution < -0.4 is 10.2 Å². The molecule has 0 aliphatic carbocycles. The lowest BCUT2D eigenvalue weighted by Gasteiger charge is -2.45. The Bertz CT molecular complexity index is 1030. The topological polar surface area (TPSA) is 56.1 Å². The molecule has 0 bridgehead atoms. The molecule has 0 aromatic heterocycles. The van der Waals surface area contributed by atoms with Crippen molar-refractivity contribution in [2.75, 3.05) is 17.3 Å². The number of nitriles is 1. The Balaban J connectivity index is 1.95. The largest absolute Gasteiger partial charge is 0.369 e. The molecular formula is C25H29N3O. The molecule has 0 saturated heterocycles. The molecule has 2 aromatic rings. The lowest BCUT2D eigenvalue weighted by Crippen LogP contribution is -2.45. The minimum absolute atomic E-state index is 0.0989. The maximum Gasteiger partial charge on any atom is 0.266 e. The number of anilines is 2. The lowest BCUT2D eigenvalue weighted by atomic mass is 9.79. The maximum absolute atomic E-state index is 12.7. The van der Waals surface area contributed by atoms with Gasteiger partial charge in [0.2, 0.25) is 0 Å². The molecule has 1 atom stereocenters. The number of carbonyl (C=O) groups excluding carboxylic acids is 1. The molecule has 0 radical (unpaired) electrons. The van der Waals surface area contributed by atoms with Gasteiger partial charge in [0.1, 0.15) is 11.6 Å². The van der Waals surface area contributed by atoms with Crippen molar-refractivity contribution in [3.8, 4) is 6.07 Å². The van der Waals surface area contributed by atoms with Crippen molar-refractivity contribution < 1.29 is 4.79 Å². The molecule has 3 rings (SSSR count). The number of nitrogens with zero attached hydrogens (tertiary/aromatic N) is 2. The van der Waals surface area contributed by atoms with E-state index in [4.69, 9.17) is 0 Å². The third kappa shape index (κ3) is 4.19. The molecule has 0 spiro atoms. The van der Waals surface area contributed by atoms with Crippen molar-refractivity contribution in [3.63, 3.8) is 0 Å². The Labute approximate surface area is 173 Å². The van der Waals surface area contributed by atoms with Crippen molar-refractivity contribution in [1.82, 2.24) is 0 Å². The van der Waals surface area contributed by atoms with Crippen LogP contribution in [0.1, 0.15) is 55.4 Å². The first kappa shape index (κ1) is 20.7. The van der Waals surface area contributed by atoms with E-state index in [0.717, 1.165) is 23.1 Å². The van der Waals surface area contributed by atoms with E-state index >= 15 is 0 Å². The molecule has 1 aliphatic rings. The van der Waals surface area contributed by atoms with Gasteiger partial charge < -0.3 is 10.2 Å². The number of rotatable bonds is 3. The minimum atomic E-state index is -0.387. The number of nitrogens with one attached hydrogen (secondary N) is 1. The average molecular weight is 388 g/mol. The Morgan fingerprint density at radius 2 is 2.00 bits per heavy atom. The molecule has 1 aliphatic heterocycles. The summed E-state index contributed by atoms with van der Waals surface area (Å²) < 4.78 is 0. The molecule has 150 valence electrons. The molecule has 2 aromatic carbocycles. The fourth-order valence-corrected chi connectivity index (χ4v) is 4.12. The molecule has 1 N–H and O–H groups in total. The van der Waals surface area contributed by atoms with E-state index in [1.165, 1.54) is 11.3 Å². The van der Waals surface area contributed by atoms with Crippen LogP contribution in [0.2, 0.25) is 0 Å². The second-order valence-corrected chi connectivity index (χ2v) is 8.74. The number of hydrogen-bond donors (Lipinski definition) is 1. The predicted octanol–water partition coefficient (Wildman–Crippen LogP) is 5.57. The van der Waals surface area contributed by atoms with E-state index in [9.17, 15) is 10.1 Å². The third-order valence-electron chi connectivity index (χ3n) is 5.96. The van der Waals surface area contributed by atoms with Crippen LogP contribution in [-0.2, 0) is 4.79 Å². The van der Waals surface area contributed by atoms with Crippen molar-refractivity contribution in [2.24, 2.45) is 0 Å². The summed E-state index contributed by atoms with van der Waals surface area (Å²) in [7, 11) is 2.13. The van der Waals surface area contributed by atoms with Crippen LogP contribution in [0.4, 0.5) is 11.4 Å². The van der Waals surface area contributed by atoms with Gasteiger partial charge in [0.25, 0.3) is 5.91 Å². The third-order valence-corrected chi connectivity index (χ3v) is 5.96. The van der Waals surface area contributed by atoms with Gasteiger partial charge in [-0.25, -0.2) is 0 Å². The first-order chi connectivity index (χ1) is 13.6. The second kappa shape index (κ2) is 7.75. The van der Waals surface area contributed by atoms with Crippen LogP contribution >= 0.6 is 0 Å². The zero-order valence-corrected chi connectivity index (χ0v) is 18.1. The molecule has 0 fully saturated rings. The molecule has 1 heterocycles. The molecular weight excluding hydrogens is 358 g/mol. The molecule has 29 heavy (non-hydrogen) atoms. The summed E-state index contributed by atoms with van der Waals surface area (Å²) in [6.45, 7) is 10.8. The summed E-state index contributed by atoms with van der Waals surface area (Å²) in [5.74, 6) is 0.0251. The summed E-state index contributed by atoms with van der Waals surface area (Å²) in [6, 6.07) is 13.9. The van der Waals surface area contributed by atoms with Gasteiger partial charge in [-0.2, -0.15) is 5.26 Å². The van der Waals surface area contributed by atoms with E-state index < -0.39 is 0 Å². The minimum Gasteiger partial charge on any atom is -0.369 e. The summed E-state index contributed by atoms with van der Waals surface area (Å²) in [5.41, 5.74) is 6.41. The van der Waals surface area contributed by atoms with Gasteiger partial charge in [-0.05, 0) is 92.6 Å². The maximum atomic E-state index is 12.7. The molecule has 4 nitrogen and oxygen atoms in total. The lowest BCUT2D eigenvalue weighted by molar-refractivity contribution is -0.112. The number of benzene rings is 2. The highest BCUT2D eigenvalue weighted by Crippen LogP contribution is 2.43. The monoisotopic (exact) mass is 387 g/mol. The Morgan fingerprint density at radius 3 is 2.66 bits per heavy atom. The Kier molecular flexibility index (Phi) is 5.53. The Morgan fingerprint density at radius 1 is 1.28 bits per heavy atom. The molecule has 1 amide bonds. The van der Waals surface area contributed by atoms with Gasteiger partial charge in [0, 0.05) is 24.0 Å². The number of carbonyl (C=O) groups is 1. The van der Waals surface area contributed by atoms with Crippen molar-refractivity contribution in [2.45, 2.75) is 52.5 Å². The molecule has 0 unspecified atom stereocenters. The number of amides is 1. The van der Waals surface area contributed by atoms with Crippen molar-refractivity contribution in [1.29, 1.82) is 5.26 Å². The molecule has 4 heteroatoms. The number of fused-ring (bicyclic) bond motifs is 1. The van der Waals surface area contributed by atoms with Gasteiger partial charge in [0.15, 0.2) is 0 Å². The Hall–Kier alpha value is -3.06. The standard InChI is InChI=1S/C25H29N3O/c1-16-8-7-9-21(10-16)27-24(29)20(15-26)12-19-13-22-18(3)14-25(4,5)28(6)23(22)11-17(19)2/h7-13,18H,14H2,1-6H3,(H,27,29)/b20-12-/t18-/m1/s1. The van der Waals surface area contributed by atoms with E-state index in [1.807, 2.05) is 38.1 Å². The smallest absolute Gasteiger partial charge is 0.266 e. The van der Waals surface area contributed by atoms with Gasteiger partial charge in [-0.15, -0.1) is 0 Å². The summed E-state index contributed by atoms with van der Waals surface area (Å²) in [4.78, 5) is 15.0. The highest BCUT2D eigenvalue weighted by molar-refractivity contribution is 6.09. The normalized spacial score (nSPS) is 18.0. The first-order valence-electron chi connectivity index (χ1n) is 10.0. The van der Waals surface area contributed by atoms with E-state index in [-0.39, 0.29) is 17.0 Å². The van der Waals surface area contributed by atoms with Crippen molar-refractivity contribution >= 4 is 23.4 Å². The van der Waals surface area contributed by atoms with E-state index in [2.05, 4.69) is 56.2 Å². The summed E-state index contributed by atoms with van der Waals surface area (Å²) in [5, 5.41) is 12.4. The highest BCUT2D eigenvalue weighted by atomic mass is 16.1. The highest BCUT2D eigenvalue weighted by Gasteiger charge is 2.34. The van der Waals surface area contributed by atoms with Gasteiger partial charge in [-0.3, -0.25) is 4.79 Å². The predicted molar refractivity (Wildman–Crippen MR) is 120 cm³/mol. The summed E-state index contributed by atoms with van der Waals surface area (Å²) >= 11 is 0. The van der Waals surface area contributed by atoms with Gasteiger partial charge in [0.05, 0.1) is 0 Å². The van der Waals surface area contributed by atoms with Crippen LogP contribution in [-0.4, -0.2) is 18.5 Å². The van der Waals surface area contributed by atoms with Crippen LogP contribution in [0, 0.1) is 25.2 Å². The number of hydrogen-bond acceptors (Lipinski definition) is 3. The number of aryl methyl sites for hydroxylation is 2. The van der Waals surface area contributed by atoms with Gasteiger partial charge >= 0.3 is 0 Å².